The lowest BCUT2D eigenvalue weighted by Crippen LogP contribution is -2.28. The van der Waals surface area contributed by atoms with Crippen LogP contribution in [0.15, 0.2) is 24.8 Å². The fourth-order valence-corrected chi connectivity index (χ4v) is 0.704. The van der Waals surface area contributed by atoms with Gasteiger partial charge in [-0.3, -0.25) is 0 Å². The highest BCUT2D eigenvalue weighted by Crippen LogP contribution is 1.98. The van der Waals surface area contributed by atoms with E-state index in [1.54, 1.807) is 13.0 Å². The summed E-state index contributed by atoms with van der Waals surface area (Å²) in [5.41, 5.74) is 0. The van der Waals surface area contributed by atoms with Crippen LogP contribution in [0.3, 0.4) is 0 Å². The van der Waals surface area contributed by atoms with E-state index in [4.69, 9.17) is 4.74 Å². The summed E-state index contributed by atoms with van der Waals surface area (Å²) < 4.78 is 4.97. The Kier molecular flexibility index (Phi) is 6.24. The molecule has 2 atom stereocenters. The van der Waals surface area contributed by atoms with E-state index in [-0.39, 0.29) is 6.61 Å². The Morgan fingerprint density at radius 1 is 1.67 bits per heavy atom. The zero-order chi connectivity index (χ0) is 9.40. The highest BCUT2D eigenvalue weighted by Gasteiger charge is 2.14. The summed E-state index contributed by atoms with van der Waals surface area (Å²) >= 11 is 0. The highest BCUT2D eigenvalue weighted by molar-refractivity contribution is 5.57. The van der Waals surface area contributed by atoms with Gasteiger partial charge in [-0.2, -0.15) is 0 Å². The van der Waals surface area contributed by atoms with Crippen molar-refractivity contribution in [2.24, 2.45) is 0 Å². The minimum Gasteiger partial charge on any atom is -0.386 e. The van der Waals surface area contributed by atoms with Gasteiger partial charge in [0.2, 0.25) is 0 Å². The molecule has 0 aliphatic rings. The first-order chi connectivity index (χ1) is 5.76. The average molecular weight is 170 g/mol. The Bertz CT molecular complexity index is 163. The van der Waals surface area contributed by atoms with Crippen molar-refractivity contribution in [1.82, 2.24) is 0 Å². The van der Waals surface area contributed by atoms with Crippen molar-refractivity contribution in [3.63, 3.8) is 0 Å². The van der Waals surface area contributed by atoms with Gasteiger partial charge in [-0.15, -0.1) is 6.58 Å². The fraction of sp³-hybridized carbons (Fsp3) is 0.444. The second kappa shape index (κ2) is 6.76. The van der Waals surface area contributed by atoms with Crippen LogP contribution in [0.25, 0.3) is 0 Å². The van der Waals surface area contributed by atoms with Gasteiger partial charge in [0.15, 0.2) is 6.29 Å². The molecule has 0 heterocycles. The molecule has 12 heavy (non-hydrogen) atoms. The maximum Gasteiger partial charge on any atom is 0.151 e. The monoisotopic (exact) mass is 170 g/mol. The lowest BCUT2D eigenvalue weighted by atomic mass is 10.2. The zero-order valence-corrected chi connectivity index (χ0v) is 7.14. The molecule has 0 radical (unpaired) electrons. The summed E-state index contributed by atoms with van der Waals surface area (Å²) in [6.45, 7) is 5.46. The molecule has 0 spiro atoms. The summed E-state index contributed by atoms with van der Waals surface area (Å²) in [5, 5.41) is 9.26. The van der Waals surface area contributed by atoms with Gasteiger partial charge in [0.25, 0.3) is 0 Å². The van der Waals surface area contributed by atoms with Crippen LogP contribution in [0.4, 0.5) is 0 Å². The molecule has 0 saturated carbocycles. The second-order valence-electron chi connectivity index (χ2n) is 2.24. The van der Waals surface area contributed by atoms with Crippen molar-refractivity contribution in [2.45, 2.75) is 19.1 Å². The molecule has 0 rings (SSSR count). The SMILES string of the molecule is C=CCO[C@@H](C=O)[C@H](O)/C=C/C. The number of hydrogen-bond acceptors (Lipinski definition) is 3. The van der Waals surface area contributed by atoms with Crippen molar-refractivity contribution in [3.8, 4) is 0 Å². The van der Waals surface area contributed by atoms with Crippen molar-refractivity contribution >= 4 is 6.29 Å². The summed E-state index contributed by atoms with van der Waals surface area (Å²) in [6.07, 6.45) is 3.61. The van der Waals surface area contributed by atoms with Gasteiger partial charge in [-0.05, 0) is 6.92 Å². The van der Waals surface area contributed by atoms with Gasteiger partial charge in [-0.1, -0.05) is 18.2 Å². The van der Waals surface area contributed by atoms with Gasteiger partial charge in [0.1, 0.15) is 12.2 Å². The van der Waals surface area contributed by atoms with Gasteiger partial charge in [0, 0.05) is 0 Å². The third kappa shape index (κ3) is 4.05. The summed E-state index contributed by atoms with van der Waals surface area (Å²) in [7, 11) is 0. The molecule has 68 valence electrons. The Morgan fingerprint density at radius 2 is 2.33 bits per heavy atom. The summed E-state index contributed by atoms with van der Waals surface area (Å²) in [5.74, 6) is 0. The first-order valence-electron chi connectivity index (χ1n) is 3.75. The average Bonchev–Trinajstić information content (AvgIpc) is 2.06. The van der Waals surface area contributed by atoms with Crippen LogP contribution in [-0.2, 0) is 9.53 Å². The highest BCUT2D eigenvalue weighted by atomic mass is 16.5. The van der Waals surface area contributed by atoms with Crippen LogP contribution >= 0.6 is 0 Å². The quantitative estimate of drug-likeness (QED) is 0.471. The molecule has 0 fully saturated rings. The number of rotatable bonds is 6. The number of allylic oxidation sites excluding steroid dienone is 1. The maximum absolute atomic E-state index is 10.4. The van der Waals surface area contributed by atoms with Crippen LogP contribution < -0.4 is 0 Å². The normalized spacial score (nSPS) is 15.8. The molecule has 0 aromatic rings. The Hall–Kier alpha value is -0.930. The molecular weight excluding hydrogens is 156 g/mol. The number of hydrogen-bond donors (Lipinski definition) is 1. The van der Waals surface area contributed by atoms with Crippen LogP contribution in [0.2, 0.25) is 0 Å². The topological polar surface area (TPSA) is 46.5 Å². The molecule has 0 aliphatic heterocycles. The Morgan fingerprint density at radius 3 is 2.75 bits per heavy atom. The fourth-order valence-electron chi connectivity index (χ4n) is 0.704. The number of aldehydes is 1. The summed E-state index contributed by atoms with van der Waals surface area (Å²) in [4.78, 5) is 10.4. The van der Waals surface area contributed by atoms with Crippen LogP contribution in [0.5, 0.6) is 0 Å². The smallest absolute Gasteiger partial charge is 0.151 e. The van der Waals surface area contributed by atoms with E-state index < -0.39 is 12.2 Å². The lowest BCUT2D eigenvalue weighted by molar-refractivity contribution is -0.122. The number of ether oxygens (including phenoxy) is 1. The van der Waals surface area contributed by atoms with E-state index in [9.17, 15) is 9.90 Å². The third-order valence-electron chi connectivity index (χ3n) is 1.27. The first-order valence-corrected chi connectivity index (χ1v) is 3.75. The van der Waals surface area contributed by atoms with E-state index in [1.165, 1.54) is 12.2 Å². The van der Waals surface area contributed by atoms with Crippen molar-refractivity contribution < 1.29 is 14.6 Å². The minimum absolute atomic E-state index is 0.262. The van der Waals surface area contributed by atoms with Crippen molar-refractivity contribution in [1.29, 1.82) is 0 Å². The first kappa shape index (κ1) is 11.1. The van der Waals surface area contributed by atoms with Gasteiger partial charge >= 0.3 is 0 Å². The predicted molar refractivity (Wildman–Crippen MR) is 46.8 cm³/mol. The predicted octanol–water partition coefficient (Wildman–Crippen LogP) is 0.694. The van der Waals surface area contributed by atoms with Gasteiger partial charge in [0.05, 0.1) is 6.61 Å². The van der Waals surface area contributed by atoms with Crippen LogP contribution in [-0.4, -0.2) is 30.2 Å². The molecule has 0 aromatic heterocycles. The van der Waals surface area contributed by atoms with E-state index in [1.807, 2.05) is 0 Å². The van der Waals surface area contributed by atoms with Crippen LogP contribution in [0.1, 0.15) is 6.92 Å². The number of carbonyl (C=O) groups excluding carboxylic acids is 1. The van der Waals surface area contributed by atoms with Crippen LogP contribution in [0, 0.1) is 0 Å². The number of carbonyl (C=O) groups is 1. The van der Waals surface area contributed by atoms with E-state index >= 15 is 0 Å². The standard InChI is InChI=1S/C9H14O3/c1-3-5-8(11)9(7-10)12-6-4-2/h3-5,7-9,11H,2,6H2,1H3/b5-3+/t8-,9+/m1/s1. The third-order valence-corrected chi connectivity index (χ3v) is 1.27. The van der Waals surface area contributed by atoms with E-state index in [0.29, 0.717) is 6.29 Å². The number of aliphatic hydroxyl groups excluding tert-OH is 1. The summed E-state index contributed by atoms with van der Waals surface area (Å²) in [6, 6.07) is 0. The molecule has 0 amide bonds. The van der Waals surface area contributed by atoms with Gasteiger partial charge in [-0.25, -0.2) is 0 Å². The largest absolute Gasteiger partial charge is 0.386 e. The minimum atomic E-state index is -0.868. The number of aliphatic hydroxyl groups is 1. The van der Waals surface area contributed by atoms with Crippen molar-refractivity contribution in [2.75, 3.05) is 6.61 Å². The van der Waals surface area contributed by atoms with E-state index in [0.717, 1.165) is 0 Å². The lowest BCUT2D eigenvalue weighted by Gasteiger charge is -2.13. The molecule has 3 heteroatoms. The maximum atomic E-state index is 10.4. The molecule has 1 N–H and O–H groups in total. The molecule has 3 nitrogen and oxygen atoms in total. The second-order valence-corrected chi connectivity index (χ2v) is 2.24. The zero-order valence-electron chi connectivity index (χ0n) is 7.14. The molecule has 0 unspecified atom stereocenters. The Labute approximate surface area is 72.3 Å². The van der Waals surface area contributed by atoms with Gasteiger partial charge < -0.3 is 14.6 Å². The van der Waals surface area contributed by atoms with Crippen molar-refractivity contribution in [3.05, 3.63) is 24.8 Å². The molecule has 0 aromatic carbocycles. The Balaban J connectivity index is 3.94. The molecule has 0 bridgehead atoms. The van der Waals surface area contributed by atoms with E-state index in [2.05, 4.69) is 6.58 Å². The molecule has 0 aliphatic carbocycles. The molecule has 0 saturated heterocycles. The molecular formula is C9H14O3.